The van der Waals surface area contributed by atoms with E-state index in [9.17, 15) is 4.79 Å². The number of hydrogen-bond donors (Lipinski definition) is 2. The van der Waals surface area contributed by atoms with Crippen molar-refractivity contribution >= 4 is 11.7 Å². The van der Waals surface area contributed by atoms with Gasteiger partial charge in [-0.15, -0.1) is 0 Å². The van der Waals surface area contributed by atoms with Crippen molar-refractivity contribution in [3.8, 4) is 5.75 Å². The molecular weight excluding hydrogens is 244 g/mol. The number of methoxy groups -OCH3 is 2. The molecule has 2 aromatic rings. The first kappa shape index (κ1) is 13.0. The van der Waals surface area contributed by atoms with Gasteiger partial charge in [-0.3, -0.25) is 0 Å². The standard InChI is InChI=1S/C14H16N2O3/c1-18-12-5-3-4-10(8-12)15-9-11-6-7-13(16-11)14(17)19-2/h3-8,15-16H,9H2,1-2H3. The van der Waals surface area contributed by atoms with Crippen LogP contribution < -0.4 is 10.1 Å². The van der Waals surface area contributed by atoms with Gasteiger partial charge in [-0.05, 0) is 24.3 Å². The molecule has 0 bridgehead atoms. The Morgan fingerprint density at radius 2 is 2.11 bits per heavy atom. The largest absolute Gasteiger partial charge is 0.497 e. The third-order valence-electron chi connectivity index (χ3n) is 2.70. The van der Waals surface area contributed by atoms with Gasteiger partial charge in [-0.25, -0.2) is 4.79 Å². The zero-order chi connectivity index (χ0) is 13.7. The quantitative estimate of drug-likeness (QED) is 0.810. The van der Waals surface area contributed by atoms with Crippen molar-refractivity contribution in [1.29, 1.82) is 0 Å². The minimum Gasteiger partial charge on any atom is -0.497 e. The van der Waals surface area contributed by atoms with Crippen LogP contribution in [0.3, 0.4) is 0 Å². The van der Waals surface area contributed by atoms with Crippen LogP contribution in [0.1, 0.15) is 16.2 Å². The van der Waals surface area contributed by atoms with E-state index in [0.717, 1.165) is 17.1 Å². The molecule has 5 nitrogen and oxygen atoms in total. The molecule has 1 aromatic heterocycles. The monoisotopic (exact) mass is 260 g/mol. The topological polar surface area (TPSA) is 63.4 Å². The summed E-state index contributed by atoms with van der Waals surface area (Å²) in [7, 11) is 2.99. The average Bonchev–Trinajstić information content (AvgIpc) is 2.93. The number of anilines is 1. The second-order valence-electron chi connectivity index (χ2n) is 3.97. The van der Waals surface area contributed by atoms with Crippen LogP contribution in [0.2, 0.25) is 0 Å². The average molecular weight is 260 g/mol. The number of ether oxygens (including phenoxy) is 2. The fourth-order valence-electron chi connectivity index (χ4n) is 1.70. The zero-order valence-corrected chi connectivity index (χ0v) is 10.9. The number of carbonyl (C=O) groups is 1. The van der Waals surface area contributed by atoms with E-state index in [-0.39, 0.29) is 5.97 Å². The molecule has 0 unspecified atom stereocenters. The maximum absolute atomic E-state index is 11.3. The molecule has 0 radical (unpaired) electrons. The van der Waals surface area contributed by atoms with E-state index in [1.807, 2.05) is 30.3 Å². The van der Waals surface area contributed by atoms with Crippen LogP contribution >= 0.6 is 0 Å². The summed E-state index contributed by atoms with van der Waals surface area (Å²) in [5.74, 6) is 0.430. The Morgan fingerprint density at radius 1 is 1.26 bits per heavy atom. The molecule has 2 rings (SSSR count). The fraction of sp³-hybridized carbons (Fsp3) is 0.214. The zero-order valence-electron chi connectivity index (χ0n) is 10.9. The molecule has 0 aliphatic carbocycles. The van der Waals surface area contributed by atoms with Crippen molar-refractivity contribution < 1.29 is 14.3 Å². The first-order valence-electron chi connectivity index (χ1n) is 5.87. The molecule has 0 saturated heterocycles. The van der Waals surface area contributed by atoms with Gasteiger partial charge in [-0.1, -0.05) is 6.07 Å². The molecule has 0 fully saturated rings. The Labute approximate surface area is 111 Å². The van der Waals surface area contributed by atoms with Gasteiger partial charge in [0.05, 0.1) is 20.8 Å². The van der Waals surface area contributed by atoms with Crippen LogP contribution in [-0.2, 0) is 11.3 Å². The van der Waals surface area contributed by atoms with Crippen LogP contribution in [0.5, 0.6) is 5.75 Å². The lowest BCUT2D eigenvalue weighted by Crippen LogP contribution is -2.03. The molecule has 100 valence electrons. The first-order chi connectivity index (χ1) is 9.22. The first-order valence-corrected chi connectivity index (χ1v) is 5.87. The summed E-state index contributed by atoms with van der Waals surface area (Å²) in [4.78, 5) is 14.3. The fourth-order valence-corrected chi connectivity index (χ4v) is 1.70. The minimum atomic E-state index is -0.368. The van der Waals surface area contributed by atoms with E-state index in [0.29, 0.717) is 12.2 Å². The smallest absolute Gasteiger partial charge is 0.354 e. The summed E-state index contributed by atoms with van der Waals surface area (Å²) in [5.41, 5.74) is 2.31. The third-order valence-corrected chi connectivity index (χ3v) is 2.70. The third kappa shape index (κ3) is 3.28. The van der Waals surface area contributed by atoms with Crippen molar-refractivity contribution in [3.05, 3.63) is 47.8 Å². The van der Waals surface area contributed by atoms with Gasteiger partial charge in [0.1, 0.15) is 11.4 Å². The molecule has 0 amide bonds. The number of aromatic nitrogens is 1. The lowest BCUT2D eigenvalue weighted by atomic mass is 10.3. The van der Waals surface area contributed by atoms with Gasteiger partial charge >= 0.3 is 5.97 Å². The highest BCUT2D eigenvalue weighted by atomic mass is 16.5. The van der Waals surface area contributed by atoms with Gasteiger partial charge in [-0.2, -0.15) is 0 Å². The highest BCUT2D eigenvalue weighted by Gasteiger charge is 2.07. The molecule has 0 aliphatic heterocycles. The molecule has 2 N–H and O–H groups in total. The van der Waals surface area contributed by atoms with Crippen LogP contribution in [0.25, 0.3) is 0 Å². The number of esters is 1. The number of rotatable bonds is 5. The second-order valence-corrected chi connectivity index (χ2v) is 3.97. The Morgan fingerprint density at radius 3 is 2.84 bits per heavy atom. The summed E-state index contributed by atoms with van der Waals surface area (Å²) in [6.45, 7) is 0.587. The van der Waals surface area contributed by atoms with Gasteiger partial charge in [0.25, 0.3) is 0 Å². The molecule has 19 heavy (non-hydrogen) atoms. The summed E-state index contributed by atoms with van der Waals surface area (Å²) >= 11 is 0. The maximum Gasteiger partial charge on any atom is 0.354 e. The molecule has 5 heteroatoms. The summed E-state index contributed by atoms with van der Waals surface area (Å²) in [6, 6.07) is 11.2. The maximum atomic E-state index is 11.3. The summed E-state index contributed by atoms with van der Waals surface area (Å²) < 4.78 is 9.78. The number of carbonyl (C=O) groups excluding carboxylic acids is 1. The second kappa shape index (κ2) is 5.95. The molecule has 0 spiro atoms. The van der Waals surface area contributed by atoms with Crippen LogP contribution in [0.15, 0.2) is 36.4 Å². The molecule has 0 atom stereocenters. The number of benzene rings is 1. The SMILES string of the molecule is COC(=O)c1ccc(CNc2cccc(OC)c2)[nH]1. The van der Waals surface area contributed by atoms with E-state index in [4.69, 9.17) is 4.74 Å². The Hall–Kier alpha value is -2.43. The van der Waals surface area contributed by atoms with Gasteiger partial charge < -0.3 is 19.8 Å². The predicted octanol–water partition coefficient (Wildman–Crippen LogP) is 2.42. The van der Waals surface area contributed by atoms with Crippen molar-refractivity contribution in [1.82, 2.24) is 4.98 Å². The number of H-pyrrole nitrogens is 1. The van der Waals surface area contributed by atoms with E-state index >= 15 is 0 Å². The highest BCUT2D eigenvalue weighted by Crippen LogP contribution is 2.17. The van der Waals surface area contributed by atoms with Gasteiger partial charge in [0, 0.05) is 17.4 Å². The van der Waals surface area contributed by atoms with E-state index < -0.39 is 0 Å². The summed E-state index contributed by atoms with van der Waals surface area (Å²) in [6.07, 6.45) is 0. The van der Waals surface area contributed by atoms with Crippen LogP contribution in [-0.4, -0.2) is 25.2 Å². The van der Waals surface area contributed by atoms with Crippen molar-refractivity contribution in [2.24, 2.45) is 0 Å². The lowest BCUT2D eigenvalue weighted by Gasteiger charge is -2.06. The molecule has 1 aromatic carbocycles. The Kier molecular flexibility index (Phi) is 4.07. The molecule has 0 aliphatic rings. The Bertz CT molecular complexity index is 563. The number of aromatic amines is 1. The van der Waals surface area contributed by atoms with Crippen LogP contribution in [0, 0.1) is 0 Å². The van der Waals surface area contributed by atoms with E-state index in [1.54, 1.807) is 13.2 Å². The molecule has 0 saturated carbocycles. The van der Waals surface area contributed by atoms with E-state index in [1.165, 1.54) is 7.11 Å². The summed E-state index contributed by atoms with van der Waals surface area (Å²) in [5, 5.41) is 3.24. The predicted molar refractivity (Wildman–Crippen MR) is 72.5 cm³/mol. The lowest BCUT2D eigenvalue weighted by molar-refractivity contribution is 0.0594. The van der Waals surface area contributed by atoms with Crippen molar-refractivity contribution in [3.63, 3.8) is 0 Å². The normalized spacial score (nSPS) is 10.0. The van der Waals surface area contributed by atoms with Gasteiger partial charge in [0.2, 0.25) is 0 Å². The minimum absolute atomic E-state index is 0.368. The Balaban J connectivity index is 1.98. The number of nitrogens with one attached hydrogen (secondary N) is 2. The van der Waals surface area contributed by atoms with Crippen molar-refractivity contribution in [2.75, 3.05) is 19.5 Å². The number of hydrogen-bond acceptors (Lipinski definition) is 4. The molecule has 1 heterocycles. The van der Waals surface area contributed by atoms with Gasteiger partial charge in [0.15, 0.2) is 0 Å². The van der Waals surface area contributed by atoms with Crippen LogP contribution in [0.4, 0.5) is 5.69 Å². The highest BCUT2D eigenvalue weighted by molar-refractivity contribution is 5.87. The van der Waals surface area contributed by atoms with E-state index in [2.05, 4.69) is 15.0 Å². The molecular formula is C14H16N2O3. The van der Waals surface area contributed by atoms with Crippen molar-refractivity contribution in [2.45, 2.75) is 6.54 Å².